The summed E-state index contributed by atoms with van der Waals surface area (Å²) in [5.41, 5.74) is 4.29. The highest BCUT2D eigenvalue weighted by Gasteiger charge is 2.22. The summed E-state index contributed by atoms with van der Waals surface area (Å²) in [4.78, 5) is 29.4. The van der Waals surface area contributed by atoms with E-state index in [1.54, 1.807) is 41.3 Å². The van der Waals surface area contributed by atoms with Crippen LogP contribution in [0.3, 0.4) is 0 Å². The van der Waals surface area contributed by atoms with E-state index in [-0.39, 0.29) is 24.2 Å². The zero-order chi connectivity index (χ0) is 29.9. The van der Waals surface area contributed by atoms with Gasteiger partial charge in [0.25, 0.3) is 0 Å². The zero-order valence-corrected chi connectivity index (χ0v) is 24.2. The van der Waals surface area contributed by atoms with Crippen molar-refractivity contribution in [1.82, 2.24) is 25.0 Å². The van der Waals surface area contributed by atoms with Crippen LogP contribution in [0.1, 0.15) is 37.7 Å². The van der Waals surface area contributed by atoms with Gasteiger partial charge >= 0.3 is 6.03 Å². The molecule has 11 heteroatoms. The van der Waals surface area contributed by atoms with Crippen LogP contribution in [0.15, 0.2) is 67.0 Å². The predicted octanol–water partition coefficient (Wildman–Crippen LogP) is 5.94. The molecule has 2 amide bonds. The van der Waals surface area contributed by atoms with E-state index in [1.165, 1.54) is 7.11 Å². The Morgan fingerprint density at radius 3 is 2.55 bits per heavy atom. The fourth-order valence-corrected chi connectivity index (χ4v) is 4.35. The molecule has 5 aromatic rings. The molecule has 0 aliphatic heterocycles. The van der Waals surface area contributed by atoms with Crippen LogP contribution < -0.4 is 15.4 Å². The largest absolute Gasteiger partial charge is 0.456 e. The molecule has 0 saturated heterocycles. The van der Waals surface area contributed by atoms with Gasteiger partial charge in [0, 0.05) is 30.9 Å². The number of carbonyl (C=O) groups is 2. The Kier molecular flexibility index (Phi) is 8.03. The van der Waals surface area contributed by atoms with Crippen LogP contribution in [0.4, 0.5) is 16.3 Å². The molecule has 0 saturated carbocycles. The number of anilines is 2. The second kappa shape index (κ2) is 11.8. The Bertz CT molecular complexity index is 1730. The third-order valence-electron chi connectivity index (χ3n) is 6.52. The summed E-state index contributed by atoms with van der Waals surface area (Å²) in [7, 11) is 1.48. The fraction of sp³-hybridized carbons (Fsp3) is 0.258. The van der Waals surface area contributed by atoms with Crippen molar-refractivity contribution >= 4 is 34.2 Å². The highest BCUT2D eigenvalue weighted by molar-refractivity contribution is 6.06. The van der Waals surface area contributed by atoms with Gasteiger partial charge in [0.1, 0.15) is 23.9 Å². The number of ether oxygens (including phenoxy) is 2. The molecular formula is C31H33N7O4. The van der Waals surface area contributed by atoms with Gasteiger partial charge in [-0.1, -0.05) is 38.5 Å². The molecule has 0 spiro atoms. The Morgan fingerprint density at radius 2 is 1.81 bits per heavy atom. The summed E-state index contributed by atoms with van der Waals surface area (Å²) in [6.45, 7) is 8.27. The minimum atomic E-state index is -0.437. The minimum Gasteiger partial charge on any atom is -0.456 e. The van der Waals surface area contributed by atoms with Gasteiger partial charge < -0.3 is 14.8 Å². The molecule has 3 aromatic heterocycles. The quantitative estimate of drug-likeness (QED) is 0.200. The maximum Gasteiger partial charge on any atom is 0.324 e. The third kappa shape index (κ3) is 6.47. The zero-order valence-electron chi connectivity index (χ0n) is 24.2. The minimum absolute atomic E-state index is 0.0243. The number of methoxy groups -OCH3 is 1. The Morgan fingerprint density at radius 1 is 1.02 bits per heavy atom. The van der Waals surface area contributed by atoms with Gasteiger partial charge in [-0.25, -0.2) is 9.48 Å². The standard InChI is InChI=1S/C31H33N7O4/c1-19-6-8-21(9-7-19)38-28(16-27(37-38)31(2,3)4)35-30(40)34-25-10-11-26(24-17-33-36-29(24)25)42-23-12-13-32-20(15-23)14-22(39)18-41-5/h6-13,15-17H,14,18H2,1-5H3,(H,33,36)(H2,34,35,40). The predicted molar refractivity (Wildman–Crippen MR) is 161 cm³/mol. The van der Waals surface area contributed by atoms with Crippen LogP contribution in [0.2, 0.25) is 0 Å². The van der Waals surface area contributed by atoms with Crippen LogP contribution in [0.25, 0.3) is 16.6 Å². The molecule has 0 bridgehead atoms. The Balaban J connectivity index is 1.35. The van der Waals surface area contributed by atoms with Gasteiger partial charge in [0.15, 0.2) is 5.78 Å². The first kappa shape index (κ1) is 28.5. The number of fused-ring (bicyclic) bond motifs is 1. The molecule has 5 rings (SSSR count). The van der Waals surface area contributed by atoms with Crippen molar-refractivity contribution in [3.63, 3.8) is 0 Å². The number of pyridine rings is 1. The van der Waals surface area contributed by atoms with Gasteiger partial charge in [0.05, 0.1) is 46.3 Å². The first-order chi connectivity index (χ1) is 20.1. The summed E-state index contributed by atoms with van der Waals surface area (Å²) in [6, 6.07) is 16.3. The average Bonchev–Trinajstić information content (AvgIpc) is 3.59. The molecular weight excluding hydrogens is 534 g/mol. The summed E-state index contributed by atoms with van der Waals surface area (Å²) in [6.07, 6.45) is 3.36. The Labute approximate surface area is 243 Å². The van der Waals surface area contributed by atoms with Gasteiger partial charge in [-0.05, 0) is 37.3 Å². The molecule has 42 heavy (non-hydrogen) atoms. The average molecular weight is 568 g/mol. The number of nitrogens with zero attached hydrogens (tertiary/aromatic N) is 4. The molecule has 216 valence electrons. The number of ketones is 1. The summed E-state index contributed by atoms with van der Waals surface area (Å²) >= 11 is 0. The number of aryl methyl sites for hydroxylation is 1. The number of benzene rings is 2. The first-order valence-electron chi connectivity index (χ1n) is 13.5. The van der Waals surface area contributed by atoms with E-state index in [0.29, 0.717) is 39.6 Å². The lowest BCUT2D eigenvalue weighted by Gasteiger charge is -2.14. The van der Waals surface area contributed by atoms with Crippen molar-refractivity contribution < 1.29 is 19.1 Å². The molecule has 3 N–H and O–H groups in total. The van der Waals surface area contributed by atoms with E-state index in [2.05, 4.69) is 46.6 Å². The van der Waals surface area contributed by atoms with E-state index in [0.717, 1.165) is 16.9 Å². The summed E-state index contributed by atoms with van der Waals surface area (Å²) in [5.74, 6) is 1.51. The third-order valence-corrected chi connectivity index (χ3v) is 6.52. The number of nitrogens with one attached hydrogen (secondary N) is 3. The van der Waals surface area contributed by atoms with Crippen LogP contribution in [-0.2, 0) is 21.4 Å². The lowest BCUT2D eigenvalue weighted by atomic mass is 9.92. The first-order valence-corrected chi connectivity index (χ1v) is 13.5. The van der Waals surface area contributed by atoms with Crippen molar-refractivity contribution in [2.24, 2.45) is 0 Å². The van der Waals surface area contributed by atoms with E-state index < -0.39 is 6.03 Å². The van der Waals surface area contributed by atoms with E-state index in [4.69, 9.17) is 14.6 Å². The normalized spacial score (nSPS) is 11.5. The molecule has 0 aliphatic carbocycles. The van der Waals surface area contributed by atoms with E-state index in [9.17, 15) is 9.59 Å². The highest BCUT2D eigenvalue weighted by Crippen LogP contribution is 2.34. The number of amides is 2. The van der Waals surface area contributed by atoms with Gasteiger partial charge in [-0.15, -0.1) is 0 Å². The molecule has 0 fully saturated rings. The molecule has 0 aliphatic rings. The van der Waals surface area contributed by atoms with Crippen LogP contribution in [-0.4, -0.2) is 50.5 Å². The topological polar surface area (TPSA) is 136 Å². The van der Waals surface area contributed by atoms with Gasteiger partial charge in [-0.3, -0.25) is 20.2 Å². The number of aromatic nitrogens is 5. The van der Waals surface area contributed by atoms with Gasteiger partial charge in [0.2, 0.25) is 0 Å². The van der Waals surface area contributed by atoms with Crippen LogP contribution in [0, 0.1) is 6.92 Å². The molecule has 0 atom stereocenters. The van der Waals surface area contributed by atoms with Crippen molar-refractivity contribution in [3.8, 4) is 17.2 Å². The maximum absolute atomic E-state index is 13.2. The summed E-state index contributed by atoms with van der Waals surface area (Å²) in [5, 5.41) is 18.4. The highest BCUT2D eigenvalue weighted by atomic mass is 16.5. The molecule has 11 nitrogen and oxygen atoms in total. The SMILES string of the molecule is COCC(=O)Cc1cc(Oc2ccc(NC(=O)Nc3cc(C(C)(C)C)nn3-c3ccc(C)cc3)c3[nH]ncc23)ccn1. The molecule has 0 radical (unpaired) electrons. The number of carbonyl (C=O) groups excluding carboxylic acids is 2. The maximum atomic E-state index is 13.2. The van der Waals surface area contributed by atoms with E-state index in [1.807, 2.05) is 37.3 Å². The molecule has 3 heterocycles. The van der Waals surface area contributed by atoms with Crippen molar-refractivity contribution in [2.75, 3.05) is 24.4 Å². The van der Waals surface area contributed by atoms with Crippen molar-refractivity contribution in [3.05, 3.63) is 83.9 Å². The number of H-pyrrole nitrogens is 1. The molecule has 0 unspecified atom stereocenters. The fourth-order valence-electron chi connectivity index (χ4n) is 4.35. The molecule has 2 aromatic carbocycles. The second-order valence-electron chi connectivity index (χ2n) is 11.0. The lowest BCUT2D eigenvalue weighted by molar-refractivity contribution is -0.122. The number of urea groups is 1. The van der Waals surface area contributed by atoms with E-state index >= 15 is 0 Å². The van der Waals surface area contributed by atoms with Crippen LogP contribution >= 0.6 is 0 Å². The Hall–Kier alpha value is -5.03. The number of hydrogen-bond donors (Lipinski definition) is 3. The van der Waals surface area contributed by atoms with Gasteiger partial charge in [-0.2, -0.15) is 10.2 Å². The number of hydrogen-bond acceptors (Lipinski definition) is 7. The lowest BCUT2D eigenvalue weighted by Crippen LogP contribution is -2.21. The number of rotatable bonds is 9. The number of aromatic amines is 1. The van der Waals surface area contributed by atoms with Crippen LogP contribution in [0.5, 0.6) is 11.5 Å². The van der Waals surface area contributed by atoms with Crippen molar-refractivity contribution in [2.45, 2.75) is 39.5 Å². The van der Waals surface area contributed by atoms with Crippen molar-refractivity contribution in [1.29, 1.82) is 0 Å². The second-order valence-corrected chi connectivity index (χ2v) is 11.0. The monoisotopic (exact) mass is 567 g/mol. The summed E-state index contributed by atoms with van der Waals surface area (Å²) < 4.78 is 12.7. The smallest absolute Gasteiger partial charge is 0.324 e. The number of Topliss-reactive ketones (excluding diaryl/α,β-unsaturated/α-hetero) is 1.